The second-order valence-corrected chi connectivity index (χ2v) is 9.84. The van der Waals surface area contributed by atoms with Crippen LogP contribution in [0.4, 0.5) is 10.5 Å². The van der Waals surface area contributed by atoms with Crippen molar-refractivity contribution >= 4 is 49.5 Å². The number of anilines is 1. The molecule has 0 aliphatic rings. The van der Waals surface area contributed by atoms with E-state index in [4.69, 9.17) is 14.7 Å². The van der Waals surface area contributed by atoms with Crippen LogP contribution in [0.25, 0.3) is 0 Å². The first-order valence-electron chi connectivity index (χ1n) is 11.3. The zero-order valence-electron chi connectivity index (χ0n) is 19.9. The summed E-state index contributed by atoms with van der Waals surface area (Å²) in [6.45, 7) is 1.94. The summed E-state index contributed by atoms with van der Waals surface area (Å²) in [5, 5.41) is 22.3. The molecule has 0 aliphatic heterocycles. The zero-order valence-corrected chi connectivity index (χ0v) is 23.0. The van der Waals surface area contributed by atoms with Crippen LogP contribution in [-0.4, -0.2) is 28.4 Å². The monoisotopic (exact) mass is 632 g/mol. The first-order valence-corrected chi connectivity index (χ1v) is 12.9. The quantitative estimate of drug-likeness (QED) is 0.111. The fraction of sp³-hybridized carbons (Fsp3) is 0.185. The van der Waals surface area contributed by atoms with Crippen molar-refractivity contribution < 1.29 is 29.4 Å². The van der Waals surface area contributed by atoms with Gasteiger partial charge >= 0.3 is 6.09 Å². The van der Waals surface area contributed by atoms with Gasteiger partial charge in [0.15, 0.2) is 6.10 Å². The fourth-order valence-corrected chi connectivity index (χ4v) is 4.73. The molecule has 0 saturated heterocycles. The minimum Gasteiger partial charge on any atom is -0.506 e. The standard InChI is InChI=1S/C27H26Br2N2O6/c1-17-11-13-19(14-12-17)30-27(34)37-26(21-15-18(28)16-22(29)25(21)33)23(9-5-6-10-24(32)31-35)36-20-7-3-2-4-8-20/h2-4,6-8,10-16,23,26,33,35H,5,9H2,1H3,(H,30,34)(H,31,32)/b10-6+/t23-,26-/m0/s1. The van der Waals surface area contributed by atoms with E-state index in [2.05, 4.69) is 37.2 Å². The summed E-state index contributed by atoms with van der Waals surface area (Å²) in [4.78, 5) is 24.4. The van der Waals surface area contributed by atoms with Crippen molar-refractivity contribution in [3.05, 3.63) is 99.0 Å². The highest BCUT2D eigenvalue weighted by atomic mass is 79.9. The molecule has 10 heteroatoms. The number of hydrogen-bond donors (Lipinski definition) is 4. The number of carbonyl (C=O) groups excluding carboxylic acids is 2. The average Bonchev–Trinajstić information content (AvgIpc) is 2.88. The molecular formula is C27H26Br2N2O6. The van der Waals surface area contributed by atoms with E-state index in [0.717, 1.165) is 5.56 Å². The van der Waals surface area contributed by atoms with E-state index in [0.29, 0.717) is 38.8 Å². The Morgan fingerprint density at radius 2 is 1.76 bits per heavy atom. The van der Waals surface area contributed by atoms with Crippen LogP contribution in [0.3, 0.4) is 0 Å². The number of amides is 2. The summed E-state index contributed by atoms with van der Waals surface area (Å²) < 4.78 is 13.2. The van der Waals surface area contributed by atoms with Gasteiger partial charge in [-0.1, -0.05) is 57.9 Å². The number of phenolic OH excluding ortho intramolecular Hbond substituents is 1. The van der Waals surface area contributed by atoms with Crippen LogP contribution in [0, 0.1) is 6.92 Å². The lowest BCUT2D eigenvalue weighted by Gasteiger charge is -2.29. The number of aryl methyl sites for hydroxylation is 1. The molecule has 8 nitrogen and oxygen atoms in total. The number of phenols is 1. The van der Waals surface area contributed by atoms with E-state index >= 15 is 0 Å². The van der Waals surface area contributed by atoms with Gasteiger partial charge in [0.25, 0.3) is 5.91 Å². The van der Waals surface area contributed by atoms with Gasteiger partial charge in [0.2, 0.25) is 0 Å². The van der Waals surface area contributed by atoms with Crippen molar-refractivity contribution in [3.63, 3.8) is 0 Å². The van der Waals surface area contributed by atoms with Crippen molar-refractivity contribution in [2.45, 2.75) is 32.0 Å². The predicted octanol–water partition coefficient (Wildman–Crippen LogP) is 6.80. The smallest absolute Gasteiger partial charge is 0.412 e. The molecule has 0 bridgehead atoms. The van der Waals surface area contributed by atoms with Gasteiger partial charge in [0.05, 0.1) is 4.47 Å². The molecule has 2 atom stereocenters. The van der Waals surface area contributed by atoms with E-state index in [1.807, 2.05) is 37.3 Å². The largest absolute Gasteiger partial charge is 0.506 e. The summed E-state index contributed by atoms with van der Waals surface area (Å²) in [5.41, 5.74) is 3.44. The molecule has 194 valence electrons. The van der Waals surface area contributed by atoms with Gasteiger partial charge in [0, 0.05) is 21.8 Å². The van der Waals surface area contributed by atoms with Crippen LogP contribution in [0.5, 0.6) is 11.5 Å². The number of ether oxygens (including phenoxy) is 2. The molecule has 0 heterocycles. The molecule has 2 amide bonds. The second kappa shape index (κ2) is 13.8. The van der Waals surface area contributed by atoms with E-state index < -0.39 is 24.2 Å². The van der Waals surface area contributed by atoms with Crippen LogP contribution in [0.2, 0.25) is 0 Å². The second-order valence-electron chi connectivity index (χ2n) is 8.07. The van der Waals surface area contributed by atoms with Gasteiger partial charge in [-0.2, -0.15) is 0 Å². The minimum absolute atomic E-state index is 0.104. The van der Waals surface area contributed by atoms with Crippen molar-refractivity contribution in [2.75, 3.05) is 5.32 Å². The Bertz CT molecular complexity index is 1240. The Hall–Kier alpha value is -3.34. The number of aromatic hydroxyl groups is 1. The van der Waals surface area contributed by atoms with E-state index in [-0.39, 0.29) is 5.75 Å². The van der Waals surface area contributed by atoms with Crippen LogP contribution in [0.15, 0.2) is 87.8 Å². The maximum Gasteiger partial charge on any atom is 0.412 e. The highest BCUT2D eigenvalue weighted by molar-refractivity contribution is 9.11. The number of para-hydroxylation sites is 1. The Morgan fingerprint density at radius 3 is 2.43 bits per heavy atom. The molecule has 4 N–H and O–H groups in total. The van der Waals surface area contributed by atoms with Gasteiger partial charge < -0.3 is 14.6 Å². The molecule has 0 radical (unpaired) electrons. The van der Waals surface area contributed by atoms with Crippen LogP contribution >= 0.6 is 31.9 Å². The third-order valence-corrected chi connectivity index (χ3v) is 6.32. The number of allylic oxidation sites excluding steroid dienone is 1. The first-order chi connectivity index (χ1) is 17.8. The zero-order chi connectivity index (χ0) is 26.8. The van der Waals surface area contributed by atoms with Crippen molar-refractivity contribution in [1.29, 1.82) is 0 Å². The molecule has 0 aromatic heterocycles. The summed E-state index contributed by atoms with van der Waals surface area (Å²) >= 11 is 6.77. The lowest BCUT2D eigenvalue weighted by Crippen LogP contribution is -2.31. The topological polar surface area (TPSA) is 117 Å². The number of hydrogen-bond acceptors (Lipinski definition) is 6. The van der Waals surface area contributed by atoms with Crippen molar-refractivity contribution in [3.8, 4) is 11.5 Å². The molecule has 3 rings (SSSR count). The molecule has 0 spiro atoms. The summed E-state index contributed by atoms with van der Waals surface area (Å²) in [5.74, 6) is -0.238. The first kappa shape index (κ1) is 28.2. The summed E-state index contributed by atoms with van der Waals surface area (Å²) in [6, 6.07) is 19.6. The number of nitrogens with one attached hydrogen (secondary N) is 2. The van der Waals surface area contributed by atoms with E-state index in [1.165, 1.54) is 11.6 Å². The molecule has 37 heavy (non-hydrogen) atoms. The Labute approximate surface area is 231 Å². The number of carbonyl (C=O) groups is 2. The van der Waals surface area contributed by atoms with E-state index in [9.17, 15) is 14.7 Å². The third kappa shape index (κ3) is 8.63. The van der Waals surface area contributed by atoms with E-state index in [1.54, 1.807) is 42.5 Å². The molecule has 0 fully saturated rings. The maximum absolute atomic E-state index is 13.0. The summed E-state index contributed by atoms with van der Waals surface area (Å²) in [6.07, 6.45) is 0.858. The van der Waals surface area contributed by atoms with Gasteiger partial charge in [-0.05, 0) is 72.1 Å². The minimum atomic E-state index is -1.04. The Morgan fingerprint density at radius 1 is 1.05 bits per heavy atom. The molecule has 0 aliphatic carbocycles. The molecule has 3 aromatic rings. The lowest BCUT2D eigenvalue weighted by atomic mass is 9.99. The van der Waals surface area contributed by atoms with Gasteiger partial charge in [0.1, 0.15) is 17.6 Å². The molecular weight excluding hydrogens is 608 g/mol. The third-order valence-electron chi connectivity index (χ3n) is 5.26. The lowest BCUT2D eigenvalue weighted by molar-refractivity contribution is -0.124. The molecule has 3 aromatic carbocycles. The van der Waals surface area contributed by atoms with Crippen molar-refractivity contribution in [2.24, 2.45) is 0 Å². The number of hydroxylamine groups is 1. The molecule has 0 saturated carbocycles. The normalized spacial score (nSPS) is 12.5. The number of benzene rings is 3. The predicted molar refractivity (Wildman–Crippen MR) is 147 cm³/mol. The SMILES string of the molecule is Cc1ccc(NC(=O)O[C@@H](c2cc(Br)cc(Br)c2O)[C@H](CC/C=C/C(=O)NO)Oc2ccccc2)cc1. The fourth-order valence-electron chi connectivity index (χ4n) is 3.48. The Kier molecular flexibility index (Phi) is 10.6. The van der Waals surface area contributed by atoms with Gasteiger partial charge in [-0.25, -0.2) is 10.3 Å². The maximum atomic E-state index is 13.0. The summed E-state index contributed by atoms with van der Waals surface area (Å²) in [7, 11) is 0. The van der Waals surface area contributed by atoms with Gasteiger partial charge in [-0.15, -0.1) is 0 Å². The average molecular weight is 634 g/mol. The van der Waals surface area contributed by atoms with Crippen LogP contribution in [-0.2, 0) is 9.53 Å². The van der Waals surface area contributed by atoms with Gasteiger partial charge in [-0.3, -0.25) is 15.3 Å². The van der Waals surface area contributed by atoms with Crippen LogP contribution < -0.4 is 15.5 Å². The number of rotatable bonds is 10. The Balaban J connectivity index is 1.95. The highest BCUT2D eigenvalue weighted by Crippen LogP contribution is 2.40. The van der Waals surface area contributed by atoms with Crippen LogP contribution in [0.1, 0.15) is 30.1 Å². The molecule has 0 unspecified atom stereocenters. The number of halogens is 2. The highest BCUT2D eigenvalue weighted by Gasteiger charge is 2.32. The van der Waals surface area contributed by atoms with Crippen molar-refractivity contribution in [1.82, 2.24) is 5.48 Å².